The lowest BCUT2D eigenvalue weighted by molar-refractivity contribution is 0.0438. The van der Waals surface area contributed by atoms with Gasteiger partial charge in [-0.1, -0.05) is 30.3 Å². The number of hydrogen-bond acceptors (Lipinski definition) is 7. The number of furan rings is 1. The van der Waals surface area contributed by atoms with E-state index in [4.69, 9.17) is 18.3 Å². The van der Waals surface area contributed by atoms with Gasteiger partial charge in [0.05, 0.1) is 5.56 Å². The minimum Gasteiger partial charge on any atom is -0.489 e. The largest absolute Gasteiger partial charge is 0.489 e. The van der Waals surface area contributed by atoms with Gasteiger partial charge in [-0.15, -0.1) is 10.2 Å². The van der Waals surface area contributed by atoms with Crippen molar-refractivity contribution in [1.29, 1.82) is 0 Å². The maximum atomic E-state index is 12.2. The number of halogens is 1. The number of rotatable bonds is 7. The van der Waals surface area contributed by atoms with E-state index < -0.39 is 5.97 Å². The predicted octanol–water partition coefficient (Wildman–Crippen LogP) is 5.03. The molecule has 0 bridgehead atoms. The zero-order valence-electron chi connectivity index (χ0n) is 15.1. The third-order valence-corrected chi connectivity index (χ3v) is 4.34. The van der Waals surface area contributed by atoms with Crippen LogP contribution in [0.4, 0.5) is 0 Å². The van der Waals surface area contributed by atoms with Gasteiger partial charge >= 0.3 is 5.97 Å². The number of ether oxygens (including phenoxy) is 2. The Labute approximate surface area is 174 Å². The summed E-state index contributed by atoms with van der Waals surface area (Å²) in [6.45, 7) is 0.316. The number of benzene rings is 2. The molecule has 29 heavy (non-hydrogen) atoms. The van der Waals surface area contributed by atoms with Gasteiger partial charge in [0.25, 0.3) is 11.8 Å². The van der Waals surface area contributed by atoms with E-state index in [-0.39, 0.29) is 18.4 Å². The fourth-order valence-electron chi connectivity index (χ4n) is 2.48. The highest BCUT2D eigenvalue weighted by Gasteiger charge is 2.14. The van der Waals surface area contributed by atoms with Crippen molar-refractivity contribution in [3.05, 3.63) is 88.4 Å². The summed E-state index contributed by atoms with van der Waals surface area (Å²) in [7, 11) is 0. The highest BCUT2D eigenvalue weighted by molar-refractivity contribution is 9.10. The van der Waals surface area contributed by atoms with E-state index in [1.165, 1.54) is 0 Å². The molecule has 0 fully saturated rings. The first-order chi connectivity index (χ1) is 14.2. The van der Waals surface area contributed by atoms with Gasteiger partial charge in [0, 0.05) is 0 Å². The van der Waals surface area contributed by atoms with Crippen molar-refractivity contribution < 1.29 is 23.1 Å². The molecule has 0 aliphatic carbocycles. The molecule has 0 atom stereocenters. The lowest BCUT2D eigenvalue weighted by Gasteiger charge is -2.07. The normalized spacial score (nSPS) is 10.7. The van der Waals surface area contributed by atoms with Crippen molar-refractivity contribution in [2.24, 2.45) is 0 Å². The number of carbonyl (C=O) groups excluding carboxylic acids is 1. The second-order valence-corrected chi connectivity index (χ2v) is 6.76. The van der Waals surface area contributed by atoms with Crippen LogP contribution in [0.2, 0.25) is 0 Å². The SMILES string of the molecule is O=C(OCc1nnc(-c2ccc(Br)o2)o1)c1ccc(OCc2ccccc2)cc1. The Morgan fingerprint density at radius 3 is 2.41 bits per heavy atom. The van der Waals surface area contributed by atoms with Crippen LogP contribution in [0.1, 0.15) is 21.8 Å². The molecule has 146 valence electrons. The average molecular weight is 455 g/mol. The molecule has 0 N–H and O–H groups in total. The van der Waals surface area contributed by atoms with E-state index in [0.717, 1.165) is 5.56 Å². The average Bonchev–Trinajstić information content (AvgIpc) is 3.40. The third kappa shape index (κ3) is 4.91. The van der Waals surface area contributed by atoms with Crippen molar-refractivity contribution in [3.8, 4) is 17.4 Å². The van der Waals surface area contributed by atoms with E-state index in [0.29, 0.717) is 28.3 Å². The van der Waals surface area contributed by atoms with Crippen LogP contribution in [0.15, 0.2) is 80.2 Å². The Morgan fingerprint density at radius 1 is 0.897 bits per heavy atom. The molecular weight excluding hydrogens is 440 g/mol. The first-order valence-electron chi connectivity index (χ1n) is 8.69. The van der Waals surface area contributed by atoms with E-state index in [1.807, 2.05) is 30.3 Å². The molecular formula is C21H15BrN2O5. The number of aromatic nitrogens is 2. The summed E-state index contributed by atoms with van der Waals surface area (Å²) in [4.78, 5) is 12.2. The van der Waals surface area contributed by atoms with Crippen LogP contribution >= 0.6 is 15.9 Å². The summed E-state index contributed by atoms with van der Waals surface area (Å²) < 4.78 is 22.2. The monoisotopic (exact) mass is 454 g/mol. The molecule has 0 radical (unpaired) electrons. The maximum Gasteiger partial charge on any atom is 0.338 e. The number of esters is 1. The zero-order chi connectivity index (χ0) is 20.1. The Kier molecular flexibility index (Phi) is 5.71. The molecule has 0 aliphatic heterocycles. The van der Waals surface area contributed by atoms with Crippen molar-refractivity contribution in [2.45, 2.75) is 13.2 Å². The van der Waals surface area contributed by atoms with Crippen LogP contribution in [0, 0.1) is 0 Å². The summed E-state index contributed by atoms with van der Waals surface area (Å²) in [5.74, 6) is 0.968. The van der Waals surface area contributed by atoms with Crippen LogP contribution in [0.5, 0.6) is 5.75 Å². The van der Waals surface area contributed by atoms with Gasteiger partial charge in [-0.25, -0.2) is 4.79 Å². The van der Waals surface area contributed by atoms with E-state index in [1.54, 1.807) is 36.4 Å². The molecule has 0 amide bonds. The van der Waals surface area contributed by atoms with Gasteiger partial charge in [-0.3, -0.25) is 0 Å². The van der Waals surface area contributed by atoms with Crippen LogP contribution in [0.25, 0.3) is 11.7 Å². The first kappa shape index (κ1) is 18.9. The van der Waals surface area contributed by atoms with Crippen LogP contribution < -0.4 is 4.74 Å². The third-order valence-electron chi connectivity index (χ3n) is 3.92. The van der Waals surface area contributed by atoms with Crippen molar-refractivity contribution >= 4 is 21.9 Å². The molecule has 0 saturated heterocycles. The van der Waals surface area contributed by atoms with Gasteiger partial charge in [0.2, 0.25) is 0 Å². The standard InChI is InChI=1S/C21H15BrN2O5/c22-18-11-10-17(28-18)20-24-23-19(29-20)13-27-21(25)15-6-8-16(9-7-15)26-12-14-4-2-1-3-5-14/h1-11H,12-13H2. The van der Waals surface area contributed by atoms with Crippen LogP contribution in [-0.4, -0.2) is 16.2 Å². The smallest absolute Gasteiger partial charge is 0.338 e. The van der Waals surface area contributed by atoms with Gasteiger partial charge in [-0.2, -0.15) is 0 Å². The summed E-state index contributed by atoms with van der Waals surface area (Å²) in [5.41, 5.74) is 1.46. The van der Waals surface area contributed by atoms with Crippen molar-refractivity contribution in [1.82, 2.24) is 10.2 Å². The second kappa shape index (κ2) is 8.74. The summed E-state index contributed by atoms with van der Waals surface area (Å²) in [6, 6.07) is 20.0. The minimum absolute atomic E-state index is 0.139. The summed E-state index contributed by atoms with van der Waals surface area (Å²) in [6.07, 6.45) is 0. The van der Waals surface area contributed by atoms with Crippen molar-refractivity contribution in [2.75, 3.05) is 0 Å². The number of nitrogens with zero attached hydrogens (tertiary/aromatic N) is 2. The fraction of sp³-hybridized carbons (Fsp3) is 0.0952. The predicted molar refractivity (Wildman–Crippen MR) is 106 cm³/mol. The second-order valence-electron chi connectivity index (χ2n) is 5.98. The number of hydrogen-bond donors (Lipinski definition) is 0. The van der Waals surface area contributed by atoms with Gasteiger partial charge in [0.1, 0.15) is 12.4 Å². The van der Waals surface area contributed by atoms with E-state index >= 15 is 0 Å². The van der Waals surface area contributed by atoms with Gasteiger partial charge in [-0.05, 0) is 57.9 Å². The van der Waals surface area contributed by atoms with E-state index in [9.17, 15) is 4.79 Å². The first-order valence-corrected chi connectivity index (χ1v) is 9.49. The maximum absolute atomic E-state index is 12.2. The molecule has 4 rings (SSSR count). The zero-order valence-corrected chi connectivity index (χ0v) is 16.7. The Hall–Kier alpha value is -3.39. The minimum atomic E-state index is -0.500. The molecule has 2 aromatic carbocycles. The molecule has 0 spiro atoms. The van der Waals surface area contributed by atoms with Crippen LogP contribution in [0.3, 0.4) is 0 Å². The van der Waals surface area contributed by atoms with Gasteiger partial charge < -0.3 is 18.3 Å². The van der Waals surface area contributed by atoms with E-state index in [2.05, 4.69) is 26.1 Å². The highest BCUT2D eigenvalue weighted by Crippen LogP contribution is 2.24. The van der Waals surface area contributed by atoms with Gasteiger partial charge in [0.15, 0.2) is 17.0 Å². The molecule has 0 unspecified atom stereocenters. The number of carbonyl (C=O) groups is 1. The Balaban J connectivity index is 1.30. The summed E-state index contributed by atoms with van der Waals surface area (Å²) in [5, 5.41) is 7.71. The molecule has 0 saturated carbocycles. The highest BCUT2D eigenvalue weighted by atomic mass is 79.9. The molecule has 4 aromatic rings. The molecule has 8 heteroatoms. The lowest BCUT2D eigenvalue weighted by atomic mass is 10.2. The summed E-state index contributed by atoms with van der Waals surface area (Å²) >= 11 is 3.20. The van der Waals surface area contributed by atoms with Crippen molar-refractivity contribution in [3.63, 3.8) is 0 Å². The topological polar surface area (TPSA) is 87.6 Å². The quantitative estimate of drug-likeness (QED) is 0.361. The van der Waals surface area contributed by atoms with Crippen LogP contribution in [-0.2, 0) is 18.0 Å². The molecule has 2 heterocycles. The fourth-order valence-corrected chi connectivity index (χ4v) is 2.79. The lowest BCUT2D eigenvalue weighted by Crippen LogP contribution is -2.05. The molecule has 0 aliphatic rings. The Bertz CT molecular complexity index is 1090. The molecule has 2 aromatic heterocycles. The molecule has 7 nitrogen and oxygen atoms in total. The Morgan fingerprint density at radius 2 is 1.69 bits per heavy atom.